The molecule has 0 spiro atoms. The van der Waals surface area contributed by atoms with Crippen molar-refractivity contribution in [2.24, 2.45) is 5.92 Å². The highest BCUT2D eigenvalue weighted by Gasteiger charge is 2.29. The zero-order chi connectivity index (χ0) is 17.2. The lowest BCUT2D eigenvalue weighted by Gasteiger charge is -2.30. The van der Waals surface area contributed by atoms with Crippen LogP contribution < -0.4 is 0 Å². The summed E-state index contributed by atoms with van der Waals surface area (Å²) in [5.41, 5.74) is 3.56. The van der Waals surface area contributed by atoms with E-state index in [9.17, 15) is 0 Å². The molecule has 1 atom stereocenters. The molecule has 1 aliphatic heterocycles. The van der Waals surface area contributed by atoms with E-state index in [0.717, 1.165) is 43.6 Å². The molecule has 0 N–H and O–H groups in total. The molecule has 6 nitrogen and oxygen atoms in total. The first kappa shape index (κ1) is 16.8. The fraction of sp³-hybridized carbons (Fsp3) is 0.684. The van der Waals surface area contributed by atoms with Crippen molar-refractivity contribution < 1.29 is 9.26 Å². The molecule has 2 aliphatic rings. The van der Waals surface area contributed by atoms with Crippen molar-refractivity contribution in [3.63, 3.8) is 0 Å². The number of fused-ring (bicyclic) bond motifs is 1. The highest BCUT2D eigenvalue weighted by atomic mass is 16.5. The maximum Gasteiger partial charge on any atom is 0.133 e. The summed E-state index contributed by atoms with van der Waals surface area (Å²) < 4.78 is 12.9. The van der Waals surface area contributed by atoms with Crippen LogP contribution in [0.2, 0.25) is 0 Å². The van der Waals surface area contributed by atoms with Gasteiger partial charge in [-0.1, -0.05) is 18.0 Å². The molecule has 2 aromatic heterocycles. The standard InChI is InChI=1S/C19H28N4O2/c1-14-7-18(21-25-14)12-22-9-16-11-23(8-15-5-3-4-6-15)20-19(16)17(10-22)13-24-2/h7,11,15,17H,3-6,8-10,12-13H2,1-2H3/t17-/m0/s1. The fourth-order valence-corrected chi connectivity index (χ4v) is 4.37. The summed E-state index contributed by atoms with van der Waals surface area (Å²) in [6, 6.07) is 2.02. The first-order valence-corrected chi connectivity index (χ1v) is 9.41. The minimum absolute atomic E-state index is 0.326. The number of methoxy groups -OCH3 is 1. The summed E-state index contributed by atoms with van der Waals surface area (Å²) in [5, 5.41) is 9.08. The second-order valence-corrected chi connectivity index (χ2v) is 7.66. The Hall–Kier alpha value is -1.66. The van der Waals surface area contributed by atoms with Crippen molar-refractivity contribution in [1.29, 1.82) is 0 Å². The fourth-order valence-electron chi connectivity index (χ4n) is 4.37. The molecular weight excluding hydrogens is 316 g/mol. The number of aromatic nitrogens is 3. The van der Waals surface area contributed by atoms with Gasteiger partial charge in [0.05, 0.1) is 18.0 Å². The van der Waals surface area contributed by atoms with Gasteiger partial charge >= 0.3 is 0 Å². The summed E-state index contributed by atoms with van der Waals surface area (Å²) >= 11 is 0. The highest BCUT2D eigenvalue weighted by molar-refractivity contribution is 5.25. The minimum atomic E-state index is 0.326. The van der Waals surface area contributed by atoms with E-state index < -0.39 is 0 Å². The van der Waals surface area contributed by atoms with Gasteiger partial charge in [0.1, 0.15) is 5.76 Å². The van der Waals surface area contributed by atoms with E-state index in [1.807, 2.05) is 13.0 Å². The predicted molar refractivity (Wildman–Crippen MR) is 94.2 cm³/mol. The lowest BCUT2D eigenvalue weighted by Crippen LogP contribution is -2.34. The molecule has 4 rings (SSSR count). The Morgan fingerprint density at radius 2 is 2.16 bits per heavy atom. The van der Waals surface area contributed by atoms with Crippen LogP contribution in [0.4, 0.5) is 0 Å². The quantitative estimate of drug-likeness (QED) is 0.806. The van der Waals surface area contributed by atoms with Crippen molar-refractivity contribution in [1.82, 2.24) is 19.8 Å². The monoisotopic (exact) mass is 344 g/mol. The van der Waals surface area contributed by atoms with Crippen molar-refractivity contribution >= 4 is 0 Å². The van der Waals surface area contributed by atoms with Gasteiger partial charge in [-0.05, 0) is 25.7 Å². The lowest BCUT2D eigenvalue weighted by molar-refractivity contribution is 0.133. The molecule has 25 heavy (non-hydrogen) atoms. The zero-order valence-corrected chi connectivity index (χ0v) is 15.3. The molecule has 1 fully saturated rings. The van der Waals surface area contributed by atoms with E-state index >= 15 is 0 Å². The van der Waals surface area contributed by atoms with Gasteiger partial charge in [0, 0.05) is 57.0 Å². The maximum absolute atomic E-state index is 5.47. The Morgan fingerprint density at radius 1 is 1.32 bits per heavy atom. The largest absolute Gasteiger partial charge is 0.384 e. The van der Waals surface area contributed by atoms with Crippen LogP contribution >= 0.6 is 0 Å². The van der Waals surface area contributed by atoms with Crippen LogP contribution in [-0.2, 0) is 24.4 Å². The van der Waals surface area contributed by atoms with Crippen LogP contribution in [0, 0.1) is 12.8 Å². The van der Waals surface area contributed by atoms with Crippen LogP contribution in [0.15, 0.2) is 16.8 Å². The third-order valence-corrected chi connectivity index (χ3v) is 5.48. The van der Waals surface area contributed by atoms with Gasteiger partial charge in [-0.25, -0.2) is 0 Å². The summed E-state index contributed by atoms with van der Waals surface area (Å²) in [7, 11) is 1.77. The molecule has 0 saturated heterocycles. The third-order valence-electron chi connectivity index (χ3n) is 5.48. The van der Waals surface area contributed by atoms with Gasteiger partial charge in [-0.3, -0.25) is 9.58 Å². The van der Waals surface area contributed by atoms with Crippen molar-refractivity contribution in [3.8, 4) is 0 Å². The van der Waals surface area contributed by atoms with Crippen LogP contribution in [0.25, 0.3) is 0 Å². The van der Waals surface area contributed by atoms with E-state index in [2.05, 4.69) is 20.9 Å². The average Bonchev–Trinajstić information content (AvgIpc) is 3.30. The lowest BCUT2D eigenvalue weighted by atomic mass is 9.97. The summed E-state index contributed by atoms with van der Waals surface area (Å²) in [5.74, 6) is 1.99. The van der Waals surface area contributed by atoms with Crippen LogP contribution in [0.5, 0.6) is 0 Å². The number of ether oxygens (including phenoxy) is 1. The smallest absolute Gasteiger partial charge is 0.133 e. The molecule has 0 amide bonds. The van der Waals surface area contributed by atoms with Crippen molar-refractivity contribution in [2.45, 2.75) is 58.2 Å². The summed E-state index contributed by atoms with van der Waals surface area (Å²) in [4.78, 5) is 2.42. The number of hydrogen-bond donors (Lipinski definition) is 0. The molecule has 136 valence electrons. The Balaban J connectivity index is 1.50. The predicted octanol–water partition coefficient (Wildman–Crippen LogP) is 3.12. The highest BCUT2D eigenvalue weighted by Crippen LogP contribution is 2.30. The van der Waals surface area contributed by atoms with E-state index in [0.29, 0.717) is 12.5 Å². The van der Waals surface area contributed by atoms with Gasteiger partial charge in [-0.15, -0.1) is 0 Å². The Kier molecular flexibility index (Phi) is 4.90. The zero-order valence-electron chi connectivity index (χ0n) is 15.3. The van der Waals surface area contributed by atoms with E-state index in [1.54, 1.807) is 7.11 Å². The number of aryl methyl sites for hydroxylation is 1. The van der Waals surface area contributed by atoms with Gasteiger partial charge in [0.15, 0.2) is 0 Å². The number of hydrogen-bond acceptors (Lipinski definition) is 5. The second kappa shape index (κ2) is 7.30. The Morgan fingerprint density at radius 3 is 2.88 bits per heavy atom. The maximum atomic E-state index is 5.47. The summed E-state index contributed by atoms with van der Waals surface area (Å²) in [6.45, 7) is 6.40. The van der Waals surface area contributed by atoms with Gasteiger partial charge in [0.25, 0.3) is 0 Å². The van der Waals surface area contributed by atoms with Crippen LogP contribution in [0.1, 0.15) is 54.3 Å². The molecular formula is C19H28N4O2. The van der Waals surface area contributed by atoms with Crippen LogP contribution in [-0.4, -0.2) is 40.1 Å². The molecule has 0 radical (unpaired) electrons. The molecule has 0 bridgehead atoms. The third kappa shape index (κ3) is 3.80. The molecule has 1 saturated carbocycles. The molecule has 6 heteroatoms. The number of nitrogens with zero attached hydrogens (tertiary/aromatic N) is 4. The second-order valence-electron chi connectivity index (χ2n) is 7.66. The van der Waals surface area contributed by atoms with E-state index in [-0.39, 0.29) is 0 Å². The SMILES string of the molecule is COC[C@@H]1CN(Cc2cc(C)on2)Cc2cn(CC3CCCC3)nc21. The van der Waals surface area contributed by atoms with Gasteiger partial charge < -0.3 is 9.26 Å². The first-order chi connectivity index (χ1) is 12.2. The Bertz CT molecular complexity index is 702. The van der Waals surface area contributed by atoms with Crippen molar-refractivity contribution in [2.75, 3.05) is 20.3 Å². The molecule has 0 unspecified atom stereocenters. The first-order valence-electron chi connectivity index (χ1n) is 9.41. The minimum Gasteiger partial charge on any atom is -0.384 e. The molecule has 0 aromatic carbocycles. The average molecular weight is 344 g/mol. The normalized spacial score (nSPS) is 21.8. The van der Waals surface area contributed by atoms with E-state index in [4.69, 9.17) is 14.4 Å². The summed E-state index contributed by atoms with van der Waals surface area (Å²) in [6.07, 6.45) is 7.72. The van der Waals surface area contributed by atoms with Gasteiger partial charge in [-0.2, -0.15) is 5.10 Å². The van der Waals surface area contributed by atoms with Crippen molar-refractivity contribution in [3.05, 3.63) is 35.0 Å². The molecule has 1 aliphatic carbocycles. The number of rotatable bonds is 6. The van der Waals surface area contributed by atoms with Gasteiger partial charge in [0.2, 0.25) is 0 Å². The molecule has 2 aromatic rings. The molecule has 3 heterocycles. The topological polar surface area (TPSA) is 56.3 Å². The Labute approximate surface area is 149 Å². The van der Waals surface area contributed by atoms with Crippen LogP contribution in [0.3, 0.4) is 0 Å². The van der Waals surface area contributed by atoms with E-state index in [1.165, 1.54) is 36.9 Å².